The molecule has 1 heterocycles. The second-order valence-corrected chi connectivity index (χ2v) is 7.24. The number of aliphatic hydroxyl groups is 1. The van der Waals surface area contributed by atoms with Gasteiger partial charge in [0.2, 0.25) is 0 Å². The summed E-state index contributed by atoms with van der Waals surface area (Å²) in [4.78, 5) is 0. The Bertz CT molecular complexity index is 348. The first-order valence-electron chi connectivity index (χ1n) is 6.18. The monoisotopic (exact) mass is 264 g/mol. The lowest BCUT2D eigenvalue weighted by atomic mass is 9.85. The van der Waals surface area contributed by atoms with Crippen molar-refractivity contribution in [3.8, 4) is 0 Å². The number of rotatable bonds is 6. The molecule has 5 nitrogen and oxygen atoms in total. The molecule has 0 atom stereocenters. The summed E-state index contributed by atoms with van der Waals surface area (Å²) >= 11 is 0. The molecule has 0 aromatic carbocycles. The van der Waals surface area contributed by atoms with Crippen LogP contribution in [0.2, 0.25) is 0 Å². The molecule has 1 aliphatic rings. The zero-order chi connectivity index (χ0) is 13.3. The zero-order valence-corrected chi connectivity index (χ0v) is 12.0. The average Bonchev–Trinajstić information content (AvgIpc) is 2.20. The van der Waals surface area contributed by atoms with E-state index in [-0.39, 0.29) is 19.0 Å². The van der Waals surface area contributed by atoms with Crippen LogP contribution in [-0.2, 0) is 10.2 Å². The molecule has 6 heteroatoms. The summed E-state index contributed by atoms with van der Waals surface area (Å²) in [6, 6.07) is 0. The molecular formula is C11H24N2O3S. The van der Waals surface area contributed by atoms with Crippen molar-refractivity contribution in [1.29, 1.82) is 0 Å². The van der Waals surface area contributed by atoms with Gasteiger partial charge in [0.1, 0.15) is 0 Å². The highest BCUT2D eigenvalue weighted by Crippen LogP contribution is 2.31. The van der Waals surface area contributed by atoms with Crippen molar-refractivity contribution >= 4 is 10.2 Å². The number of β-amino-alcohol motifs (C(OH)–C–C–N with tert-alkyl or cyclic N) is 1. The Kier molecular flexibility index (Phi) is 4.57. The van der Waals surface area contributed by atoms with Crippen LogP contribution in [0.4, 0.5) is 0 Å². The molecule has 0 saturated carbocycles. The maximum Gasteiger partial charge on any atom is 0.281 e. The van der Waals surface area contributed by atoms with Gasteiger partial charge in [0, 0.05) is 26.7 Å². The summed E-state index contributed by atoms with van der Waals surface area (Å²) < 4.78 is 26.9. The van der Waals surface area contributed by atoms with Crippen LogP contribution in [0.15, 0.2) is 0 Å². The summed E-state index contributed by atoms with van der Waals surface area (Å²) in [7, 11) is -1.78. The first-order chi connectivity index (χ1) is 7.74. The molecule has 1 N–H and O–H groups in total. The first kappa shape index (κ1) is 14.9. The molecule has 102 valence electrons. The van der Waals surface area contributed by atoms with E-state index in [4.69, 9.17) is 0 Å². The van der Waals surface area contributed by atoms with E-state index in [0.717, 1.165) is 12.8 Å². The highest BCUT2D eigenvalue weighted by molar-refractivity contribution is 7.86. The summed E-state index contributed by atoms with van der Waals surface area (Å²) in [6.45, 7) is 6.81. The minimum atomic E-state index is -3.37. The molecule has 17 heavy (non-hydrogen) atoms. The van der Waals surface area contributed by atoms with Crippen molar-refractivity contribution in [2.24, 2.45) is 5.92 Å². The van der Waals surface area contributed by atoms with E-state index in [1.165, 1.54) is 8.61 Å². The minimum absolute atomic E-state index is 0.0786. The van der Waals surface area contributed by atoms with Crippen molar-refractivity contribution in [3.05, 3.63) is 0 Å². The maximum absolute atomic E-state index is 12.1. The fraction of sp³-hybridized carbons (Fsp3) is 1.00. The van der Waals surface area contributed by atoms with Crippen LogP contribution in [-0.4, -0.2) is 54.4 Å². The van der Waals surface area contributed by atoms with Gasteiger partial charge < -0.3 is 5.11 Å². The quantitative estimate of drug-likeness (QED) is 0.767. The van der Waals surface area contributed by atoms with Gasteiger partial charge in [-0.05, 0) is 12.3 Å². The molecule has 0 aromatic rings. The summed E-state index contributed by atoms with van der Waals surface area (Å²) in [6.07, 6.45) is 1.83. The van der Waals surface area contributed by atoms with Crippen LogP contribution in [0.5, 0.6) is 0 Å². The smallest absolute Gasteiger partial charge is 0.281 e. The van der Waals surface area contributed by atoms with Crippen LogP contribution < -0.4 is 0 Å². The molecule has 0 amide bonds. The Balaban J connectivity index is 2.58. The van der Waals surface area contributed by atoms with Gasteiger partial charge in [-0.2, -0.15) is 17.0 Å². The normalized spacial score (nSPS) is 20.9. The molecule has 0 unspecified atom stereocenters. The Morgan fingerprint density at radius 3 is 2.35 bits per heavy atom. The number of hydrogen-bond donors (Lipinski definition) is 1. The van der Waals surface area contributed by atoms with Crippen LogP contribution in [0.1, 0.15) is 33.6 Å². The van der Waals surface area contributed by atoms with Crippen molar-refractivity contribution in [2.75, 3.05) is 26.7 Å². The standard InChI is InChI=1S/C11H24N2O3S/c1-5-6-7-12(4)17(15,16)13-8-11(14,9-13)10(2)3/h10,14H,5-9H2,1-4H3. The number of nitrogens with zero attached hydrogens (tertiary/aromatic N) is 2. The molecule has 1 aliphatic heterocycles. The Morgan fingerprint density at radius 2 is 1.94 bits per heavy atom. The molecule has 1 saturated heterocycles. The highest BCUT2D eigenvalue weighted by atomic mass is 32.2. The minimum Gasteiger partial charge on any atom is -0.387 e. The third-order valence-corrected chi connectivity index (χ3v) is 5.40. The topological polar surface area (TPSA) is 60.9 Å². The summed E-state index contributed by atoms with van der Waals surface area (Å²) in [5.41, 5.74) is -0.849. The van der Waals surface area contributed by atoms with E-state index in [2.05, 4.69) is 0 Å². The van der Waals surface area contributed by atoms with Gasteiger partial charge >= 0.3 is 0 Å². The second kappa shape index (κ2) is 5.22. The average molecular weight is 264 g/mol. The first-order valence-corrected chi connectivity index (χ1v) is 7.57. The predicted molar refractivity (Wildman–Crippen MR) is 67.8 cm³/mol. The highest BCUT2D eigenvalue weighted by Gasteiger charge is 2.49. The van der Waals surface area contributed by atoms with E-state index in [1.54, 1.807) is 7.05 Å². The number of hydrogen-bond acceptors (Lipinski definition) is 3. The van der Waals surface area contributed by atoms with Crippen molar-refractivity contribution in [1.82, 2.24) is 8.61 Å². The molecular weight excluding hydrogens is 240 g/mol. The molecule has 0 radical (unpaired) electrons. The third-order valence-electron chi connectivity index (χ3n) is 3.52. The lowest BCUT2D eigenvalue weighted by molar-refractivity contribution is -0.0948. The number of unbranched alkanes of at least 4 members (excludes halogenated alkanes) is 1. The van der Waals surface area contributed by atoms with E-state index in [0.29, 0.717) is 6.54 Å². The molecule has 0 bridgehead atoms. The van der Waals surface area contributed by atoms with E-state index in [9.17, 15) is 13.5 Å². The zero-order valence-electron chi connectivity index (χ0n) is 11.2. The molecule has 0 aliphatic carbocycles. The maximum atomic E-state index is 12.1. The van der Waals surface area contributed by atoms with E-state index in [1.807, 2.05) is 20.8 Å². The molecule has 0 spiro atoms. The SMILES string of the molecule is CCCCN(C)S(=O)(=O)N1CC(O)(C(C)C)C1. The Hall–Kier alpha value is -0.170. The Morgan fingerprint density at radius 1 is 1.41 bits per heavy atom. The third kappa shape index (κ3) is 2.99. The van der Waals surface area contributed by atoms with Gasteiger partial charge in [-0.25, -0.2) is 0 Å². The van der Waals surface area contributed by atoms with Crippen LogP contribution in [0.25, 0.3) is 0 Å². The van der Waals surface area contributed by atoms with Gasteiger partial charge in [-0.1, -0.05) is 27.2 Å². The molecule has 1 fully saturated rings. The van der Waals surface area contributed by atoms with Gasteiger partial charge in [0.25, 0.3) is 10.2 Å². The van der Waals surface area contributed by atoms with Crippen molar-refractivity contribution in [3.63, 3.8) is 0 Å². The summed E-state index contributed by atoms with van der Waals surface area (Å²) in [5, 5.41) is 10.1. The van der Waals surface area contributed by atoms with Gasteiger partial charge in [-0.3, -0.25) is 0 Å². The largest absolute Gasteiger partial charge is 0.387 e. The van der Waals surface area contributed by atoms with Crippen molar-refractivity contribution < 1.29 is 13.5 Å². The second-order valence-electron chi connectivity index (χ2n) is 5.21. The fourth-order valence-corrected chi connectivity index (χ4v) is 3.31. The Labute approximate surface area is 105 Å². The van der Waals surface area contributed by atoms with Crippen LogP contribution in [0.3, 0.4) is 0 Å². The van der Waals surface area contributed by atoms with E-state index >= 15 is 0 Å². The van der Waals surface area contributed by atoms with E-state index < -0.39 is 15.8 Å². The fourth-order valence-electron chi connectivity index (χ4n) is 1.79. The summed E-state index contributed by atoms with van der Waals surface area (Å²) in [5.74, 6) is 0.0786. The molecule has 0 aromatic heterocycles. The van der Waals surface area contributed by atoms with Crippen molar-refractivity contribution in [2.45, 2.75) is 39.2 Å². The lowest BCUT2D eigenvalue weighted by Gasteiger charge is -2.48. The van der Waals surface area contributed by atoms with Gasteiger partial charge in [-0.15, -0.1) is 0 Å². The molecule has 1 rings (SSSR count). The predicted octanol–water partition coefficient (Wildman–Crippen LogP) is 0.666. The lowest BCUT2D eigenvalue weighted by Crippen LogP contribution is -2.67. The van der Waals surface area contributed by atoms with Gasteiger partial charge in [0.15, 0.2) is 0 Å². The van der Waals surface area contributed by atoms with Gasteiger partial charge in [0.05, 0.1) is 5.60 Å². The van der Waals surface area contributed by atoms with Crippen LogP contribution in [0, 0.1) is 5.92 Å². The van der Waals surface area contributed by atoms with Crippen LogP contribution >= 0.6 is 0 Å².